The molecule has 0 spiro atoms. The molecule has 0 saturated heterocycles. The van der Waals surface area contributed by atoms with Gasteiger partial charge in [-0.1, -0.05) is 58.0 Å². The first-order valence-corrected chi connectivity index (χ1v) is 10.5. The molecule has 1 aromatic heterocycles. The molecule has 0 N–H and O–H groups in total. The van der Waals surface area contributed by atoms with Crippen LogP contribution in [0.2, 0.25) is 0 Å². The summed E-state index contributed by atoms with van der Waals surface area (Å²) in [5, 5.41) is 1.24. The van der Waals surface area contributed by atoms with Gasteiger partial charge in [-0.3, -0.25) is 9.36 Å². The van der Waals surface area contributed by atoms with E-state index < -0.39 is 0 Å². The third kappa shape index (κ3) is 3.84. The first-order chi connectivity index (χ1) is 13.7. The number of hydrogen-bond acceptors (Lipinski definition) is 4. The molecule has 0 radical (unpaired) electrons. The van der Waals surface area contributed by atoms with E-state index in [1.807, 2.05) is 60.7 Å². The van der Waals surface area contributed by atoms with Gasteiger partial charge in [0, 0.05) is 10.2 Å². The SMILES string of the molecule is COc1ccc(-n2c(SCc3ccccc3)nc3ccc(Br)cc3c2=O)cc1. The predicted octanol–water partition coefficient (Wildman–Crippen LogP) is 5.45. The zero-order valence-corrected chi connectivity index (χ0v) is 17.5. The van der Waals surface area contributed by atoms with Gasteiger partial charge in [-0.2, -0.15) is 0 Å². The summed E-state index contributed by atoms with van der Waals surface area (Å²) in [6, 6.07) is 23.2. The molecule has 0 aliphatic heterocycles. The van der Waals surface area contributed by atoms with Crippen molar-refractivity contribution in [1.29, 1.82) is 0 Å². The molecule has 28 heavy (non-hydrogen) atoms. The van der Waals surface area contributed by atoms with E-state index >= 15 is 0 Å². The van der Waals surface area contributed by atoms with Gasteiger partial charge in [-0.25, -0.2) is 4.98 Å². The number of benzene rings is 3. The number of fused-ring (bicyclic) bond motifs is 1. The van der Waals surface area contributed by atoms with Gasteiger partial charge in [0.15, 0.2) is 5.16 Å². The lowest BCUT2D eigenvalue weighted by Crippen LogP contribution is -2.21. The van der Waals surface area contributed by atoms with Crippen LogP contribution in [0.15, 0.2) is 87.2 Å². The highest BCUT2D eigenvalue weighted by Gasteiger charge is 2.14. The Hall–Kier alpha value is -2.57. The predicted molar refractivity (Wildman–Crippen MR) is 118 cm³/mol. The summed E-state index contributed by atoms with van der Waals surface area (Å²) in [6.07, 6.45) is 0. The third-order valence-electron chi connectivity index (χ3n) is 4.34. The quantitative estimate of drug-likeness (QED) is 0.298. The fourth-order valence-electron chi connectivity index (χ4n) is 2.92. The maximum absolute atomic E-state index is 13.3. The molecular weight excluding hydrogens is 436 g/mol. The van der Waals surface area contributed by atoms with Gasteiger partial charge in [0.2, 0.25) is 0 Å². The molecule has 3 aromatic carbocycles. The second kappa shape index (κ2) is 8.20. The largest absolute Gasteiger partial charge is 0.497 e. The molecule has 140 valence electrons. The number of nitrogens with zero attached hydrogens (tertiary/aromatic N) is 2. The van der Waals surface area contributed by atoms with Crippen molar-refractivity contribution >= 4 is 38.6 Å². The van der Waals surface area contributed by atoms with Crippen LogP contribution in [-0.4, -0.2) is 16.7 Å². The highest BCUT2D eigenvalue weighted by molar-refractivity contribution is 9.10. The van der Waals surface area contributed by atoms with Gasteiger partial charge in [0.1, 0.15) is 5.75 Å². The molecule has 0 saturated carbocycles. The number of halogens is 1. The van der Waals surface area contributed by atoms with Crippen molar-refractivity contribution in [2.24, 2.45) is 0 Å². The Bertz CT molecular complexity index is 1170. The summed E-state index contributed by atoms with van der Waals surface area (Å²) < 4.78 is 7.76. The molecule has 4 aromatic rings. The van der Waals surface area contributed by atoms with Gasteiger partial charge in [0.25, 0.3) is 5.56 Å². The van der Waals surface area contributed by atoms with Gasteiger partial charge < -0.3 is 4.74 Å². The fourth-order valence-corrected chi connectivity index (χ4v) is 4.24. The number of ether oxygens (including phenoxy) is 1. The Labute approximate surface area is 175 Å². The molecule has 6 heteroatoms. The number of aromatic nitrogens is 2. The normalized spacial score (nSPS) is 10.9. The number of thioether (sulfide) groups is 1. The maximum Gasteiger partial charge on any atom is 0.266 e. The molecule has 0 aliphatic carbocycles. The molecule has 0 bridgehead atoms. The van der Waals surface area contributed by atoms with Crippen LogP contribution in [0, 0.1) is 0 Å². The highest BCUT2D eigenvalue weighted by Crippen LogP contribution is 2.26. The van der Waals surface area contributed by atoms with E-state index in [0.717, 1.165) is 21.7 Å². The first-order valence-electron chi connectivity index (χ1n) is 8.69. The first kappa shape index (κ1) is 18.8. The zero-order valence-electron chi connectivity index (χ0n) is 15.1. The van der Waals surface area contributed by atoms with Crippen LogP contribution in [0.1, 0.15) is 5.56 Å². The molecular formula is C22H17BrN2O2S. The lowest BCUT2D eigenvalue weighted by Gasteiger charge is -2.14. The lowest BCUT2D eigenvalue weighted by molar-refractivity contribution is 0.414. The van der Waals surface area contributed by atoms with Crippen molar-refractivity contribution in [3.05, 3.63) is 93.2 Å². The topological polar surface area (TPSA) is 44.1 Å². The van der Waals surface area contributed by atoms with Gasteiger partial charge in [-0.15, -0.1) is 0 Å². The van der Waals surface area contributed by atoms with Crippen molar-refractivity contribution in [3.63, 3.8) is 0 Å². The third-order valence-corrected chi connectivity index (χ3v) is 5.84. The van der Waals surface area contributed by atoms with E-state index in [-0.39, 0.29) is 5.56 Å². The smallest absolute Gasteiger partial charge is 0.266 e. The van der Waals surface area contributed by atoms with Gasteiger partial charge in [0.05, 0.1) is 23.7 Å². The minimum absolute atomic E-state index is 0.0907. The Morgan fingerprint density at radius 2 is 1.79 bits per heavy atom. The Morgan fingerprint density at radius 1 is 1.04 bits per heavy atom. The van der Waals surface area contributed by atoms with Gasteiger partial charge in [-0.05, 0) is 48.0 Å². The van der Waals surface area contributed by atoms with Crippen LogP contribution in [-0.2, 0) is 5.75 Å². The van der Waals surface area contributed by atoms with Gasteiger partial charge >= 0.3 is 0 Å². The molecule has 0 atom stereocenters. The number of methoxy groups -OCH3 is 1. The van der Waals surface area contributed by atoms with Crippen LogP contribution >= 0.6 is 27.7 Å². The second-order valence-electron chi connectivity index (χ2n) is 6.17. The number of hydrogen-bond donors (Lipinski definition) is 0. The molecule has 1 heterocycles. The van der Waals surface area contributed by atoms with E-state index in [1.54, 1.807) is 23.4 Å². The summed E-state index contributed by atoms with van der Waals surface area (Å²) in [4.78, 5) is 18.1. The summed E-state index contributed by atoms with van der Waals surface area (Å²) in [5.74, 6) is 1.47. The molecule has 0 unspecified atom stereocenters. The minimum atomic E-state index is -0.0907. The Kier molecular flexibility index (Phi) is 5.50. The molecule has 0 fully saturated rings. The summed E-state index contributed by atoms with van der Waals surface area (Å²) in [7, 11) is 1.62. The highest BCUT2D eigenvalue weighted by atomic mass is 79.9. The van der Waals surface area contributed by atoms with Crippen LogP contribution < -0.4 is 10.3 Å². The monoisotopic (exact) mass is 452 g/mol. The van der Waals surface area contributed by atoms with Crippen molar-refractivity contribution in [2.75, 3.05) is 7.11 Å². The summed E-state index contributed by atoms with van der Waals surface area (Å²) in [6.45, 7) is 0. The van der Waals surface area contributed by atoms with E-state index in [1.165, 1.54) is 5.56 Å². The van der Waals surface area contributed by atoms with Crippen LogP contribution in [0.4, 0.5) is 0 Å². The van der Waals surface area contributed by atoms with Crippen LogP contribution in [0.3, 0.4) is 0 Å². The standard InChI is InChI=1S/C22H17BrN2O2S/c1-27-18-10-8-17(9-11-18)25-21(26)19-13-16(23)7-12-20(19)24-22(25)28-14-15-5-3-2-4-6-15/h2-13H,14H2,1H3. The average molecular weight is 453 g/mol. The van der Waals surface area contributed by atoms with Crippen molar-refractivity contribution in [1.82, 2.24) is 9.55 Å². The Balaban J connectivity index is 1.85. The van der Waals surface area contributed by atoms with Crippen molar-refractivity contribution < 1.29 is 4.74 Å². The molecule has 0 aliphatic rings. The molecule has 4 rings (SSSR count). The summed E-state index contributed by atoms with van der Waals surface area (Å²) in [5.41, 5.74) is 2.54. The fraction of sp³-hybridized carbons (Fsp3) is 0.0909. The van der Waals surface area contributed by atoms with Crippen LogP contribution in [0.25, 0.3) is 16.6 Å². The van der Waals surface area contributed by atoms with E-state index in [0.29, 0.717) is 16.1 Å². The van der Waals surface area contributed by atoms with E-state index in [4.69, 9.17) is 9.72 Å². The minimum Gasteiger partial charge on any atom is -0.497 e. The average Bonchev–Trinajstić information content (AvgIpc) is 2.74. The zero-order chi connectivity index (χ0) is 19.5. The molecule has 4 nitrogen and oxygen atoms in total. The van der Waals surface area contributed by atoms with Crippen LogP contribution in [0.5, 0.6) is 5.75 Å². The summed E-state index contributed by atoms with van der Waals surface area (Å²) >= 11 is 5.00. The number of rotatable bonds is 5. The lowest BCUT2D eigenvalue weighted by atomic mass is 10.2. The maximum atomic E-state index is 13.3. The second-order valence-corrected chi connectivity index (χ2v) is 8.03. The van der Waals surface area contributed by atoms with E-state index in [2.05, 4.69) is 28.1 Å². The van der Waals surface area contributed by atoms with Crippen molar-refractivity contribution in [2.45, 2.75) is 10.9 Å². The van der Waals surface area contributed by atoms with E-state index in [9.17, 15) is 4.79 Å². The van der Waals surface area contributed by atoms with Crippen molar-refractivity contribution in [3.8, 4) is 11.4 Å². The Morgan fingerprint density at radius 3 is 2.50 bits per heavy atom. The molecule has 0 amide bonds.